The number of carbonyl (C=O) groups excluding carboxylic acids is 1. The van der Waals surface area contributed by atoms with Crippen LogP contribution in [0, 0.1) is 40.9 Å². The van der Waals surface area contributed by atoms with Crippen molar-refractivity contribution in [1.82, 2.24) is 0 Å². The van der Waals surface area contributed by atoms with Crippen LogP contribution < -0.4 is 0 Å². The number of fused-ring (bicyclic) bond motifs is 7. The van der Waals surface area contributed by atoms with Gasteiger partial charge in [0.05, 0.1) is 5.60 Å². The van der Waals surface area contributed by atoms with Crippen molar-refractivity contribution >= 4 is 5.78 Å². The summed E-state index contributed by atoms with van der Waals surface area (Å²) < 4.78 is 0. The number of carbonyl (C=O) groups is 1. The minimum atomic E-state index is -0.393. The van der Waals surface area contributed by atoms with Gasteiger partial charge in [-0.05, 0) is 91.9 Å². The molecule has 0 saturated heterocycles. The van der Waals surface area contributed by atoms with Crippen molar-refractivity contribution in [1.29, 1.82) is 0 Å². The van der Waals surface area contributed by atoms with Gasteiger partial charge in [-0.3, -0.25) is 4.79 Å². The number of allylic oxidation sites excluding steroid dienone is 1. The summed E-state index contributed by atoms with van der Waals surface area (Å²) in [6.07, 6.45) is 16.2. The average molecular weight is 371 g/mol. The summed E-state index contributed by atoms with van der Waals surface area (Å²) in [5, 5.41) is 11.9. The molecule has 0 aromatic rings. The third-order valence-electron chi connectivity index (χ3n) is 10.1. The van der Waals surface area contributed by atoms with Gasteiger partial charge in [-0.25, -0.2) is 0 Å². The van der Waals surface area contributed by atoms with E-state index in [1.165, 1.54) is 63.4 Å². The standard InChI is InChI=1S/C25H38O2/c1-3-6-16-13-17-14-19(26)8-9-20(17)21-10-12-24(2)22(23(16)21)15-18-7-4-5-11-25(18,24)27/h14,16,18,20-23,27H,3-13,15H2,1-2H3/t16-,18-,20?,21-,22+,23-,24+,25-/m1/s1. The van der Waals surface area contributed by atoms with Crippen LogP contribution in [0.3, 0.4) is 0 Å². The summed E-state index contributed by atoms with van der Waals surface area (Å²) in [5.41, 5.74) is 1.25. The molecule has 2 nitrogen and oxygen atoms in total. The highest BCUT2D eigenvalue weighted by Crippen LogP contribution is 2.69. The zero-order valence-corrected chi connectivity index (χ0v) is 17.4. The van der Waals surface area contributed by atoms with Gasteiger partial charge in [0.2, 0.25) is 0 Å². The van der Waals surface area contributed by atoms with Crippen LogP contribution in [0.4, 0.5) is 0 Å². The smallest absolute Gasteiger partial charge is 0.155 e. The Kier molecular flexibility index (Phi) is 4.39. The molecule has 5 aliphatic rings. The van der Waals surface area contributed by atoms with E-state index in [0.29, 0.717) is 23.5 Å². The fourth-order valence-corrected chi connectivity index (χ4v) is 8.94. The van der Waals surface area contributed by atoms with Crippen molar-refractivity contribution < 1.29 is 9.90 Å². The molecule has 0 radical (unpaired) electrons. The highest BCUT2D eigenvalue weighted by atomic mass is 16.3. The van der Waals surface area contributed by atoms with Crippen molar-refractivity contribution in [3.05, 3.63) is 11.6 Å². The summed E-state index contributed by atoms with van der Waals surface area (Å²) in [5.74, 6) is 4.60. The van der Waals surface area contributed by atoms with Crippen molar-refractivity contribution in [3.8, 4) is 0 Å². The molecule has 0 amide bonds. The predicted octanol–water partition coefficient (Wildman–Crippen LogP) is 5.69. The molecule has 5 aliphatic carbocycles. The van der Waals surface area contributed by atoms with E-state index in [-0.39, 0.29) is 5.41 Å². The molecule has 0 aliphatic heterocycles. The average Bonchev–Trinajstić information content (AvgIpc) is 2.89. The van der Waals surface area contributed by atoms with Gasteiger partial charge in [0.25, 0.3) is 0 Å². The number of ketones is 1. The van der Waals surface area contributed by atoms with Gasteiger partial charge in [0.1, 0.15) is 0 Å². The fourth-order valence-electron chi connectivity index (χ4n) is 8.94. The monoisotopic (exact) mass is 370 g/mol. The summed E-state index contributed by atoms with van der Waals surface area (Å²) in [4.78, 5) is 12.1. The molecule has 0 aromatic heterocycles. The van der Waals surface area contributed by atoms with Crippen LogP contribution in [0.15, 0.2) is 11.6 Å². The first-order valence-corrected chi connectivity index (χ1v) is 11.9. The Balaban J connectivity index is 1.53. The van der Waals surface area contributed by atoms with Gasteiger partial charge >= 0.3 is 0 Å². The zero-order valence-electron chi connectivity index (χ0n) is 17.4. The molecule has 2 heteroatoms. The molecule has 0 aromatic carbocycles. The van der Waals surface area contributed by atoms with Crippen LogP contribution in [-0.2, 0) is 4.79 Å². The minimum absolute atomic E-state index is 0.136. The Hall–Kier alpha value is -0.630. The summed E-state index contributed by atoms with van der Waals surface area (Å²) in [6, 6.07) is 0. The molecule has 150 valence electrons. The van der Waals surface area contributed by atoms with Crippen LogP contribution in [-0.4, -0.2) is 16.5 Å². The second kappa shape index (κ2) is 6.44. The quantitative estimate of drug-likeness (QED) is 0.678. The molecular weight excluding hydrogens is 332 g/mol. The molecule has 1 unspecified atom stereocenters. The number of hydrogen-bond acceptors (Lipinski definition) is 2. The first kappa shape index (κ1) is 18.4. The van der Waals surface area contributed by atoms with E-state index in [0.717, 1.165) is 37.0 Å². The van der Waals surface area contributed by atoms with E-state index in [2.05, 4.69) is 13.8 Å². The van der Waals surface area contributed by atoms with Crippen molar-refractivity contribution in [2.24, 2.45) is 40.9 Å². The summed E-state index contributed by atoms with van der Waals surface area (Å²) in [6.45, 7) is 4.80. The molecule has 4 fully saturated rings. The lowest BCUT2D eigenvalue weighted by Gasteiger charge is -2.58. The second-order valence-electron chi connectivity index (χ2n) is 11.0. The molecule has 8 atom stereocenters. The third kappa shape index (κ3) is 2.51. The van der Waals surface area contributed by atoms with Gasteiger partial charge < -0.3 is 5.11 Å². The summed E-state index contributed by atoms with van der Waals surface area (Å²) >= 11 is 0. The van der Waals surface area contributed by atoms with Crippen LogP contribution in [0.1, 0.15) is 90.9 Å². The molecule has 5 rings (SSSR count). The molecule has 27 heavy (non-hydrogen) atoms. The predicted molar refractivity (Wildman–Crippen MR) is 108 cm³/mol. The van der Waals surface area contributed by atoms with Gasteiger partial charge in [-0.1, -0.05) is 45.1 Å². The molecule has 0 heterocycles. The van der Waals surface area contributed by atoms with E-state index in [9.17, 15) is 9.90 Å². The topological polar surface area (TPSA) is 37.3 Å². The Morgan fingerprint density at radius 3 is 2.85 bits per heavy atom. The molecule has 0 bridgehead atoms. The van der Waals surface area contributed by atoms with Crippen LogP contribution in [0.5, 0.6) is 0 Å². The highest BCUT2D eigenvalue weighted by Gasteiger charge is 2.67. The largest absolute Gasteiger partial charge is 0.389 e. The van der Waals surface area contributed by atoms with Crippen molar-refractivity contribution in [2.45, 2.75) is 96.5 Å². The van der Waals surface area contributed by atoms with Crippen molar-refractivity contribution in [2.75, 3.05) is 0 Å². The number of rotatable bonds is 2. The van der Waals surface area contributed by atoms with E-state index in [1.54, 1.807) is 0 Å². The van der Waals surface area contributed by atoms with Gasteiger partial charge in [0.15, 0.2) is 5.78 Å². The normalized spacial score (nSPS) is 51.7. The lowest BCUT2D eigenvalue weighted by molar-refractivity contribution is -0.152. The minimum Gasteiger partial charge on any atom is -0.389 e. The SMILES string of the molecule is CCC[C@@H]1CC2=CC(=O)CCC2[C@H]2CC[C@@]3(C)[C@@H](C[C@H]4CCCC[C@@]43O)[C@H]12. The van der Waals surface area contributed by atoms with Crippen molar-refractivity contribution in [3.63, 3.8) is 0 Å². The zero-order chi connectivity index (χ0) is 18.8. The van der Waals surface area contributed by atoms with Crippen LogP contribution in [0.25, 0.3) is 0 Å². The number of hydrogen-bond donors (Lipinski definition) is 1. The van der Waals surface area contributed by atoms with E-state index >= 15 is 0 Å². The lowest BCUT2D eigenvalue weighted by atomic mass is 9.47. The molecule has 4 saturated carbocycles. The first-order valence-electron chi connectivity index (χ1n) is 11.9. The number of aliphatic hydroxyl groups is 1. The van der Waals surface area contributed by atoms with Gasteiger partial charge in [-0.15, -0.1) is 0 Å². The second-order valence-corrected chi connectivity index (χ2v) is 11.0. The maximum absolute atomic E-state index is 12.1. The Morgan fingerprint density at radius 1 is 1.19 bits per heavy atom. The van der Waals surface area contributed by atoms with Crippen LogP contribution in [0.2, 0.25) is 0 Å². The van der Waals surface area contributed by atoms with Crippen LogP contribution >= 0.6 is 0 Å². The van der Waals surface area contributed by atoms with E-state index < -0.39 is 5.60 Å². The molecule has 1 N–H and O–H groups in total. The van der Waals surface area contributed by atoms with E-state index in [1.807, 2.05) is 6.08 Å². The Morgan fingerprint density at radius 2 is 2.04 bits per heavy atom. The molecule has 0 spiro atoms. The third-order valence-corrected chi connectivity index (χ3v) is 10.1. The maximum Gasteiger partial charge on any atom is 0.155 e. The maximum atomic E-state index is 12.1. The Labute approximate surface area is 165 Å². The molecular formula is C25H38O2. The summed E-state index contributed by atoms with van der Waals surface area (Å²) in [7, 11) is 0. The van der Waals surface area contributed by atoms with E-state index in [4.69, 9.17) is 0 Å². The fraction of sp³-hybridized carbons (Fsp3) is 0.880. The lowest BCUT2D eigenvalue weighted by Crippen LogP contribution is -2.56. The highest BCUT2D eigenvalue weighted by molar-refractivity contribution is 5.91. The first-order chi connectivity index (χ1) is 13.0. The Bertz CT molecular complexity index is 651. The van der Waals surface area contributed by atoms with Gasteiger partial charge in [-0.2, -0.15) is 0 Å². The van der Waals surface area contributed by atoms with Gasteiger partial charge in [0, 0.05) is 6.42 Å².